The van der Waals surface area contributed by atoms with Crippen LogP contribution in [0.2, 0.25) is 0 Å². The Morgan fingerprint density at radius 1 is 1.00 bits per heavy atom. The lowest BCUT2D eigenvalue weighted by Crippen LogP contribution is -2.42. The molecular weight excluding hydrogens is 386 g/mol. The van der Waals surface area contributed by atoms with E-state index in [1.807, 2.05) is 60.7 Å². The van der Waals surface area contributed by atoms with Gasteiger partial charge in [-0.3, -0.25) is 9.69 Å². The number of anilines is 1. The second kappa shape index (κ2) is 7.52. The largest absolute Gasteiger partial charge is 0.508 e. The predicted octanol–water partition coefficient (Wildman–Crippen LogP) is 4.64. The molecule has 3 aromatic carbocycles. The Bertz CT molecular complexity index is 1160. The van der Waals surface area contributed by atoms with Crippen LogP contribution in [0.3, 0.4) is 0 Å². The molecule has 4 heteroatoms. The van der Waals surface area contributed by atoms with Crippen molar-refractivity contribution in [3.8, 4) is 23.8 Å². The van der Waals surface area contributed by atoms with Crippen molar-refractivity contribution in [3.05, 3.63) is 89.5 Å². The molecule has 1 unspecified atom stereocenters. The van der Waals surface area contributed by atoms with Gasteiger partial charge in [-0.2, -0.15) is 0 Å². The summed E-state index contributed by atoms with van der Waals surface area (Å²) in [6.45, 7) is 0.193. The third-order valence-electron chi connectivity index (χ3n) is 6.36. The molecule has 31 heavy (non-hydrogen) atoms. The van der Waals surface area contributed by atoms with E-state index in [2.05, 4.69) is 5.92 Å². The first kappa shape index (κ1) is 19.3. The maximum Gasteiger partial charge on any atom is 0.247 e. The molecule has 0 saturated heterocycles. The van der Waals surface area contributed by atoms with Crippen LogP contribution in [0.1, 0.15) is 36.0 Å². The number of terminal acetylenes is 1. The summed E-state index contributed by atoms with van der Waals surface area (Å²) in [6, 6.07) is 22.4. The van der Waals surface area contributed by atoms with Crippen LogP contribution in [-0.4, -0.2) is 23.7 Å². The maximum atomic E-state index is 14.0. The van der Waals surface area contributed by atoms with Crippen LogP contribution in [0.4, 0.5) is 5.69 Å². The Kier molecular flexibility index (Phi) is 4.67. The van der Waals surface area contributed by atoms with Gasteiger partial charge in [0.05, 0.1) is 12.6 Å². The van der Waals surface area contributed by atoms with Gasteiger partial charge in [-0.15, -0.1) is 6.42 Å². The zero-order chi connectivity index (χ0) is 21.4. The van der Waals surface area contributed by atoms with E-state index in [0.717, 1.165) is 41.0 Å². The molecule has 5 rings (SSSR count). The normalized spacial score (nSPS) is 20.1. The van der Waals surface area contributed by atoms with Crippen molar-refractivity contribution in [3.63, 3.8) is 0 Å². The number of hydrogen-bond acceptors (Lipinski definition) is 3. The molecule has 1 saturated carbocycles. The van der Waals surface area contributed by atoms with E-state index < -0.39 is 5.41 Å². The van der Waals surface area contributed by atoms with E-state index in [9.17, 15) is 9.90 Å². The van der Waals surface area contributed by atoms with Crippen molar-refractivity contribution in [2.24, 2.45) is 0 Å². The lowest BCUT2D eigenvalue weighted by Gasteiger charge is -2.31. The number of para-hydroxylation sites is 1. The van der Waals surface area contributed by atoms with Gasteiger partial charge in [-0.05, 0) is 60.7 Å². The molecule has 0 aromatic heterocycles. The van der Waals surface area contributed by atoms with Crippen LogP contribution < -0.4 is 9.64 Å². The van der Waals surface area contributed by atoms with Gasteiger partial charge in [-0.25, -0.2) is 0 Å². The lowest BCUT2D eigenvalue weighted by atomic mass is 9.70. The van der Waals surface area contributed by atoms with Gasteiger partial charge in [0.1, 0.15) is 16.9 Å². The number of benzene rings is 3. The SMILES string of the molecule is C#CCN1C(=O)C(c2ccc(O)cc2)(c2ccc(OC3CCC3)cc2)c2ccccc21. The van der Waals surface area contributed by atoms with Crippen molar-refractivity contribution >= 4 is 11.6 Å². The Hall–Kier alpha value is -3.71. The summed E-state index contributed by atoms with van der Waals surface area (Å²) in [5.41, 5.74) is 2.28. The number of nitrogens with zero attached hydrogens (tertiary/aromatic N) is 1. The van der Waals surface area contributed by atoms with Gasteiger partial charge < -0.3 is 9.84 Å². The third kappa shape index (κ3) is 2.97. The second-order valence-corrected chi connectivity index (χ2v) is 8.10. The minimum atomic E-state index is -1.05. The molecule has 4 nitrogen and oxygen atoms in total. The van der Waals surface area contributed by atoms with Crippen molar-refractivity contribution in [1.29, 1.82) is 0 Å². The summed E-state index contributed by atoms with van der Waals surface area (Å²) in [5, 5.41) is 9.86. The zero-order valence-corrected chi connectivity index (χ0v) is 17.1. The maximum absolute atomic E-state index is 14.0. The minimum absolute atomic E-state index is 0.0926. The van der Waals surface area contributed by atoms with Crippen molar-refractivity contribution in [2.75, 3.05) is 11.4 Å². The average molecular weight is 409 g/mol. The second-order valence-electron chi connectivity index (χ2n) is 8.10. The van der Waals surface area contributed by atoms with Crippen molar-refractivity contribution in [2.45, 2.75) is 30.8 Å². The fraction of sp³-hybridized carbons (Fsp3) is 0.222. The van der Waals surface area contributed by atoms with Gasteiger partial charge in [-0.1, -0.05) is 48.4 Å². The molecule has 0 bridgehead atoms. The topological polar surface area (TPSA) is 49.8 Å². The molecule has 154 valence electrons. The van der Waals surface area contributed by atoms with E-state index in [0.29, 0.717) is 0 Å². The minimum Gasteiger partial charge on any atom is -0.508 e. The number of amides is 1. The standard InChI is InChI=1S/C27H23NO3/c1-2-18-28-25-9-4-3-8-24(25)27(26(28)30,19-10-14-21(29)15-11-19)20-12-16-23(17-13-20)31-22-6-5-7-22/h1,3-4,8-17,22,29H,5-7,18H2. The Morgan fingerprint density at radius 3 is 2.26 bits per heavy atom. The molecular formula is C27H23NO3. The van der Waals surface area contributed by atoms with E-state index in [-0.39, 0.29) is 24.3 Å². The molecule has 1 aliphatic carbocycles. The number of carbonyl (C=O) groups excluding carboxylic acids is 1. The van der Waals surface area contributed by atoms with E-state index >= 15 is 0 Å². The van der Waals surface area contributed by atoms with Crippen LogP contribution in [0.5, 0.6) is 11.5 Å². The number of carbonyl (C=O) groups is 1. The fourth-order valence-electron chi connectivity index (χ4n) is 4.60. The molecule has 1 fully saturated rings. The first-order valence-corrected chi connectivity index (χ1v) is 10.6. The number of aromatic hydroxyl groups is 1. The molecule has 1 N–H and O–H groups in total. The van der Waals surface area contributed by atoms with Crippen molar-refractivity contribution < 1.29 is 14.6 Å². The van der Waals surface area contributed by atoms with Crippen LogP contribution >= 0.6 is 0 Å². The van der Waals surface area contributed by atoms with Gasteiger partial charge in [0.2, 0.25) is 5.91 Å². The molecule has 1 heterocycles. The molecule has 0 spiro atoms. The molecule has 1 amide bonds. The number of fused-ring (bicyclic) bond motifs is 1. The predicted molar refractivity (Wildman–Crippen MR) is 120 cm³/mol. The van der Waals surface area contributed by atoms with Crippen LogP contribution in [0, 0.1) is 12.3 Å². The Morgan fingerprint density at radius 2 is 1.65 bits per heavy atom. The van der Waals surface area contributed by atoms with E-state index in [1.165, 1.54) is 6.42 Å². The highest BCUT2D eigenvalue weighted by Crippen LogP contribution is 2.50. The molecule has 1 atom stereocenters. The first-order valence-electron chi connectivity index (χ1n) is 10.6. The smallest absolute Gasteiger partial charge is 0.247 e. The van der Waals surface area contributed by atoms with Crippen LogP contribution in [-0.2, 0) is 10.2 Å². The van der Waals surface area contributed by atoms with Crippen LogP contribution in [0.25, 0.3) is 0 Å². The van der Waals surface area contributed by atoms with Gasteiger partial charge in [0.25, 0.3) is 0 Å². The molecule has 0 radical (unpaired) electrons. The number of phenols is 1. The van der Waals surface area contributed by atoms with E-state index in [4.69, 9.17) is 11.2 Å². The first-order chi connectivity index (χ1) is 15.1. The summed E-state index contributed by atoms with van der Waals surface area (Å²) in [4.78, 5) is 15.7. The lowest BCUT2D eigenvalue weighted by molar-refractivity contribution is -0.120. The summed E-state index contributed by atoms with van der Waals surface area (Å²) < 4.78 is 6.02. The number of phenolic OH excluding ortho intramolecular Hbond substituents is 1. The molecule has 3 aromatic rings. The van der Waals surface area contributed by atoms with Gasteiger partial charge in [0.15, 0.2) is 0 Å². The number of ether oxygens (including phenoxy) is 1. The molecule has 2 aliphatic rings. The zero-order valence-electron chi connectivity index (χ0n) is 17.1. The average Bonchev–Trinajstić information content (AvgIpc) is 3.01. The highest BCUT2D eigenvalue weighted by atomic mass is 16.5. The van der Waals surface area contributed by atoms with Gasteiger partial charge in [0, 0.05) is 11.3 Å². The Balaban J connectivity index is 1.69. The van der Waals surface area contributed by atoms with Crippen molar-refractivity contribution in [1.82, 2.24) is 0 Å². The Labute approximate surface area is 182 Å². The summed E-state index contributed by atoms with van der Waals surface area (Å²) in [6.07, 6.45) is 9.28. The number of rotatable bonds is 5. The van der Waals surface area contributed by atoms with E-state index in [1.54, 1.807) is 17.0 Å². The molecule has 1 aliphatic heterocycles. The summed E-state index contributed by atoms with van der Waals surface area (Å²) >= 11 is 0. The number of hydrogen-bond donors (Lipinski definition) is 1. The highest BCUT2D eigenvalue weighted by molar-refractivity contribution is 6.13. The van der Waals surface area contributed by atoms with Gasteiger partial charge >= 0.3 is 0 Å². The third-order valence-corrected chi connectivity index (χ3v) is 6.36. The summed E-state index contributed by atoms with van der Waals surface area (Å²) in [5.74, 6) is 3.50. The van der Waals surface area contributed by atoms with Crippen LogP contribution in [0.15, 0.2) is 72.8 Å². The highest BCUT2D eigenvalue weighted by Gasteiger charge is 2.53. The summed E-state index contributed by atoms with van der Waals surface area (Å²) in [7, 11) is 0. The fourth-order valence-corrected chi connectivity index (χ4v) is 4.60. The quantitative estimate of drug-likeness (QED) is 0.625. The monoisotopic (exact) mass is 409 g/mol.